The van der Waals surface area contributed by atoms with Gasteiger partial charge in [-0.15, -0.1) is 18.2 Å². The van der Waals surface area contributed by atoms with Crippen molar-refractivity contribution in [3.63, 3.8) is 0 Å². The van der Waals surface area contributed by atoms with Crippen LogP contribution in [0.25, 0.3) is 0 Å². The largest absolute Gasteiger partial charge is 0.478 e. The molecule has 1 rings (SSSR count). The van der Waals surface area contributed by atoms with Gasteiger partial charge in [0.15, 0.2) is 0 Å². The number of carboxylic acid groups (broad SMARTS) is 1. The zero-order valence-corrected chi connectivity index (χ0v) is 10.5. The lowest BCUT2D eigenvalue weighted by atomic mass is 10.1. The molecule has 94 valence electrons. The fourth-order valence-electron chi connectivity index (χ4n) is 1.33. The van der Waals surface area contributed by atoms with E-state index in [1.54, 1.807) is 12.1 Å². The first-order valence-electron chi connectivity index (χ1n) is 5.28. The van der Waals surface area contributed by atoms with Crippen LogP contribution in [0.3, 0.4) is 0 Å². The van der Waals surface area contributed by atoms with E-state index in [1.165, 1.54) is 23.9 Å². The Labute approximate surface area is 110 Å². The summed E-state index contributed by atoms with van der Waals surface area (Å²) < 4.78 is 0. The highest BCUT2D eigenvalue weighted by Gasteiger charge is 2.14. The molecule has 0 bridgehead atoms. The summed E-state index contributed by atoms with van der Waals surface area (Å²) in [5.41, 5.74) is 0.179. The third-order valence-corrected chi connectivity index (χ3v) is 2.98. The molecular formula is C13H13NO3S. The molecule has 0 aliphatic heterocycles. The van der Waals surface area contributed by atoms with Crippen LogP contribution in [0.5, 0.6) is 0 Å². The van der Waals surface area contributed by atoms with Crippen LogP contribution in [0.2, 0.25) is 0 Å². The molecule has 0 spiro atoms. The van der Waals surface area contributed by atoms with E-state index in [0.29, 0.717) is 18.1 Å². The Kier molecular flexibility index (Phi) is 5.81. The van der Waals surface area contributed by atoms with Crippen LogP contribution >= 0.6 is 11.8 Å². The number of thioether (sulfide) groups is 1. The van der Waals surface area contributed by atoms with Gasteiger partial charge in [-0.2, -0.15) is 0 Å². The first-order chi connectivity index (χ1) is 8.66. The molecule has 0 aliphatic rings. The van der Waals surface area contributed by atoms with Gasteiger partial charge in [-0.25, -0.2) is 4.79 Å². The third-order valence-electron chi connectivity index (χ3n) is 2.12. The van der Waals surface area contributed by atoms with Crippen LogP contribution < -0.4 is 5.32 Å². The summed E-state index contributed by atoms with van der Waals surface area (Å²) in [5.74, 6) is 2.29. The smallest absolute Gasteiger partial charge is 0.336 e. The van der Waals surface area contributed by atoms with E-state index in [0.717, 1.165) is 0 Å². The molecule has 1 aromatic rings. The summed E-state index contributed by atoms with van der Waals surface area (Å²) in [4.78, 5) is 22.7. The lowest BCUT2D eigenvalue weighted by Gasteiger charge is -2.06. The quantitative estimate of drug-likeness (QED) is 0.602. The minimum absolute atomic E-state index is 0.00581. The van der Waals surface area contributed by atoms with Crippen molar-refractivity contribution in [3.8, 4) is 12.3 Å². The predicted molar refractivity (Wildman–Crippen MR) is 71.9 cm³/mol. The fraction of sp³-hybridized carbons (Fsp3) is 0.231. The molecule has 0 aliphatic carbocycles. The predicted octanol–water partition coefficient (Wildman–Crippen LogP) is 1.48. The summed E-state index contributed by atoms with van der Waals surface area (Å²) >= 11 is 1.53. The lowest BCUT2D eigenvalue weighted by Crippen LogP contribution is -2.27. The van der Waals surface area contributed by atoms with E-state index in [4.69, 9.17) is 11.5 Å². The summed E-state index contributed by atoms with van der Waals surface area (Å²) in [7, 11) is 0. The van der Waals surface area contributed by atoms with Crippen molar-refractivity contribution in [2.75, 3.05) is 18.1 Å². The number of hydrogen-bond acceptors (Lipinski definition) is 3. The van der Waals surface area contributed by atoms with Gasteiger partial charge in [0.2, 0.25) is 0 Å². The number of rotatable bonds is 6. The minimum atomic E-state index is -1.11. The molecule has 0 saturated heterocycles. The van der Waals surface area contributed by atoms with Gasteiger partial charge in [0, 0.05) is 12.3 Å². The van der Waals surface area contributed by atoms with Gasteiger partial charge in [0.25, 0.3) is 5.91 Å². The summed E-state index contributed by atoms with van der Waals surface area (Å²) in [6.45, 7) is 0.457. The van der Waals surface area contributed by atoms with Crippen LogP contribution in [-0.2, 0) is 0 Å². The normalized spacial score (nSPS) is 9.50. The third kappa shape index (κ3) is 4.15. The first kappa shape index (κ1) is 14.1. The number of aromatic carboxylic acids is 1. The highest BCUT2D eigenvalue weighted by molar-refractivity contribution is 7.99. The van der Waals surface area contributed by atoms with Crippen LogP contribution in [0.4, 0.5) is 0 Å². The number of nitrogens with one attached hydrogen (secondary N) is 1. The molecule has 0 fully saturated rings. The number of hydrogen-bond donors (Lipinski definition) is 2. The van der Waals surface area contributed by atoms with Crippen molar-refractivity contribution in [1.29, 1.82) is 0 Å². The molecule has 4 nitrogen and oxygen atoms in total. The average Bonchev–Trinajstić information content (AvgIpc) is 2.38. The monoisotopic (exact) mass is 263 g/mol. The van der Waals surface area contributed by atoms with Gasteiger partial charge in [0.1, 0.15) is 0 Å². The molecule has 1 amide bonds. The molecule has 1 aromatic carbocycles. The van der Waals surface area contributed by atoms with E-state index in [-0.39, 0.29) is 17.0 Å². The Morgan fingerprint density at radius 1 is 1.33 bits per heavy atom. The van der Waals surface area contributed by atoms with E-state index in [9.17, 15) is 9.59 Å². The number of benzene rings is 1. The van der Waals surface area contributed by atoms with Gasteiger partial charge >= 0.3 is 5.97 Å². The van der Waals surface area contributed by atoms with Crippen molar-refractivity contribution in [1.82, 2.24) is 5.32 Å². The topological polar surface area (TPSA) is 66.4 Å². The molecule has 2 N–H and O–H groups in total. The molecular weight excluding hydrogens is 250 g/mol. The molecule has 0 aromatic heterocycles. The Hall–Kier alpha value is -1.93. The number of amides is 1. The van der Waals surface area contributed by atoms with Crippen LogP contribution in [-0.4, -0.2) is 35.0 Å². The number of carbonyl (C=O) groups excluding carboxylic acids is 1. The second-order valence-corrected chi connectivity index (χ2v) is 4.47. The summed E-state index contributed by atoms with van der Waals surface area (Å²) in [6.07, 6.45) is 5.09. The molecule has 0 atom stereocenters. The highest BCUT2D eigenvalue weighted by atomic mass is 32.2. The van der Waals surface area contributed by atoms with Gasteiger partial charge in [-0.3, -0.25) is 4.79 Å². The number of carboxylic acids is 1. The van der Waals surface area contributed by atoms with Gasteiger partial charge in [-0.05, 0) is 12.1 Å². The maximum Gasteiger partial charge on any atom is 0.336 e. The van der Waals surface area contributed by atoms with E-state index >= 15 is 0 Å². The molecule has 0 heterocycles. The van der Waals surface area contributed by atoms with Crippen LogP contribution in [0.1, 0.15) is 20.7 Å². The molecule has 0 saturated carbocycles. The van der Waals surface area contributed by atoms with Crippen molar-refractivity contribution < 1.29 is 14.7 Å². The van der Waals surface area contributed by atoms with Crippen LogP contribution in [0, 0.1) is 12.3 Å². The second-order valence-electron chi connectivity index (χ2n) is 3.36. The Morgan fingerprint density at radius 3 is 2.61 bits per heavy atom. The number of carbonyl (C=O) groups is 2. The van der Waals surface area contributed by atoms with E-state index in [1.807, 2.05) is 0 Å². The zero-order chi connectivity index (χ0) is 13.4. The first-order valence-corrected chi connectivity index (χ1v) is 6.44. The Morgan fingerprint density at radius 2 is 2.00 bits per heavy atom. The van der Waals surface area contributed by atoms with Gasteiger partial charge < -0.3 is 10.4 Å². The van der Waals surface area contributed by atoms with Crippen molar-refractivity contribution in [3.05, 3.63) is 35.4 Å². The Bertz CT molecular complexity index is 479. The molecule has 0 radical (unpaired) electrons. The SMILES string of the molecule is C#CCSCCNC(=O)c1ccccc1C(=O)O. The average molecular weight is 263 g/mol. The maximum atomic E-state index is 11.8. The number of terminal acetylenes is 1. The fourth-order valence-corrected chi connectivity index (χ4v) is 1.84. The van der Waals surface area contributed by atoms with Gasteiger partial charge in [-0.1, -0.05) is 18.1 Å². The molecule has 5 heteroatoms. The van der Waals surface area contributed by atoms with Crippen molar-refractivity contribution in [2.45, 2.75) is 0 Å². The maximum absolute atomic E-state index is 11.8. The van der Waals surface area contributed by atoms with E-state index < -0.39 is 5.97 Å². The summed E-state index contributed by atoms with van der Waals surface area (Å²) in [6, 6.07) is 6.12. The highest BCUT2D eigenvalue weighted by Crippen LogP contribution is 2.08. The Balaban J connectivity index is 2.57. The van der Waals surface area contributed by atoms with E-state index in [2.05, 4.69) is 11.2 Å². The second kappa shape index (κ2) is 7.41. The zero-order valence-electron chi connectivity index (χ0n) is 9.68. The lowest BCUT2D eigenvalue weighted by molar-refractivity contribution is 0.0691. The summed E-state index contributed by atoms with van der Waals surface area (Å²) in [5, 5.41) is 11.6. The van der Waals surface area contributed by atoms with Gasteiger partial charge in [0.05, 0.1) is 16.9 Å². The van der Waals surface area contributed by atoms with Crippen molar-refractivity contribution >= 4 is 23.6 Å². The van der Waals surface area contributed by atoms with Crippen molar-refractivity contribution in [2.24, 2.45) is 0 Å². The molecule has 18 heavy (non-hydrogen) atoms. The minimum Gasteiger partial charge on any atom is -0.478 e. The van der Waals surface area contributed by atoms with Crippen LogP contribution in [0.15, 0.2) is 24.3 Å². The standard InChI is InChI=1S/C13H13NO3S/c1-2-8-18-9-7-14-12(15)10-5-3-4-6-11(10)13(16)17/h1,3-6H,7-9H2,(H,14,15)(H,16,17). The molecule has 0 unspecified atom stereocenters.